The van der Waals surface area contributed by atoms with Crippen LogP contribution in [0.1, 0.15) is 19.8 Å². The van der Waals surface area contributed by atoms with E-state index in [9.17, 15) is 0 Å². The molecule has 0 aromatic carbocycles. The van der Waals surface area contributed by atoms with E-state index >= 15 is 0 Å². The second-order valence-corrected chi connectivity index (χ2v) is 10.4. The van der Waals surface area contributed by atoms with Gasteiger partial charge in [-0.3, -0.25) is 19.6 Å². The van der Waals surface area contributed by atoms with Crippen LogP contribution < -0.4 is 16.0 Å². The molecule has 1 fully saturated rings. The highest BCUT2D eigenvalue weighted by Crippen LogP contribution is 2.04. The highest BCUT2D eigenvalue weighted by molar-refractivity contribution is 5.08. The highest BCUT2D eigenvalue weighted by atomic mass is 15.3. The summed E-state index contributed by atoms with van der Waals surface area (Å²) >= 11 is 0. The van der Waals surface area contributed by atoms with E-state index in [1.807, 2.05) is 24.3 Å². The van der Waals surface area contributed by atoms with E-state index in [1.54, 1.807) is 0 Å². The number of hydrogen-bond acceptors (Lipinski definition) is 5. The van der Waals surface area contributed by atoms with Crippen molar-refractivity contribution in [2.45, 2.75) is 26.3 Å². The second kappa shape index (κ2) is 17.2. The van der Waals surface area contributed by atoms with Crippen molar-refractivity contribution in [1.82, 2.24) is 29.5 Å². The fourth-order valence-electron chi connectivity index (χ4n) is 4.84. The van der Waals surface area contributed by atoms with Gasteiger partial charge in [-0.25, -0.2) is 0 Å². The number of nitrogens with one attached hydrogen (secondary N) is 1. The molecule has 0 atom stereocenters. The van der Waals surface area contributed by atoms with Crippen LogP contribution in [-0.2, 0) is 6.54 Å². The van der Waals surface area contributed by atoms with E-state index in [0.29, 0.717) is 0 Å². The minimum absolute atomic E-state index is 0.870. The number of rotatable bonds is 14. The predicted octanol–water partition coefficient (Wildman–Crippen LogP) is 2.36. The predicted molar refractivity (Wildman–Crippen MR) is 162 cm³/mol. The summed E-state index contributed by atoms with van der Waals surface area (Å²) in [6.07, 6.45) is 6.24. The van der Waals surface area contributed by atoms with Crippen LogP contribution in [-0.4, -0.2) is 109 Å². The Labute approximate surface area is 226 Å². The second-order valence-electron chi connectivity index (χ2n) is 10.4. The van der Waals surface area contributed by atoms with Gasteiger partial charge in [-0.1, -0.05) is 44.0 Å². The minimum atomic E-state index is 0.870. The molecule has 0 bridgehead atoms. The van der Waals surface area contributed by atoms with Gasteiger partial charge < -0.3 is 9.88 Å². The third-order valence-corrected chi connectivity index (χ3v) is 6.96. The Hall–Kier alpha value is -2.38. The molecule has 1 aliphatic rings. The van der Waals surface area contributed by atoms with Crippen molar-refractivity contribution in [2.24, 2.45) is 0 Å². The van der Waals surface area contributed by atoms with Gasteiger partial charge in [-0.2, -0.15) is 0 Å². The van der Waals surface area contributed by atoms with E-state index in [1.165, 1.54) is 5.57 Å². The molecule has 1 aromatic heterocycles. The van der Waals surface area contributed by atoms with Crippen LogP contribution >= 0.6 is 0 Å². The molecule has 1 aliphatic heterocycles. The zero-order chi connectivity index (χ0) is 27.0. The number of aromatic nitrogens is 1. The summed E-state index contributed by atoms with van der Waals surface area (Å²) < 4.78 is 2.19. The minimum Gasteiger partial charge on any atom is -0.388 e. The van der Waals surface area contributed by atoms with Crippen LogP contribution in [0.3, 0.4) is 0 Å². The summed E-state index contributed by atoms with van der Waals surface area (Å²) in [5.41, 5.74) is 2.32. The monoisotopic (exact) mass is 508 g/mol. The number of unbranched alkanes of at least 4 members (excludes halogenated alkanes) is 1. The Morgan fingerprint density at radius 1 is 0.757 bits per heavy atom. The van der Waals surface area contributed by atoms with Crippen molar-refractivity contribution in [3.8, 4) is 0 Å². The van der Waals surface area contributed by atoms with Crippen LogP contribution in [0.5, 0.6) is 0 Å². The molecule has 1 saturated heterocycles. The molecule has 6 nitrogen and oxygen atoms in total. The van der Waals surface area contributed by atoms with Crippen molar-refractivity contribution >= 4 is 13.2 Å². The van der Waals surface area contributed by atoms with E-state index in [0.717, 1.165) is 121 Å². The van der Waals surface area contributed by atoms with Gasteiger partial charge >= 0.3 is 0 Å². The van der Waals surface area contributed by atoms with E-state index in [-0.39, 0.29) is 0 Å². The Morgan fingerprint density at radius 2 is 1.22 bits per heavy atom. The van der Waals surface area contributed by atoms with Crippen LogP contribution in [0.4, 0.5) is 0 Å². The Morgan fingerprint density at radius 3 is 1.68 bits per heavy atom. The lowest BCUT2D eigenvalue weighted by molar-refractivity contribution is 0.151. The maximum atomic E-state index is 4.35. The van der Waals surface area contributed by atoms with Gasteiger partial charge in [-0.15, -0.1) is 13.2 Å². The number of nitrogens with zero attached hydrogens (tertiary/aromatic N) is 5. The van der Waals surface area contributed by atoms with Crippen molar-refractivity contribution in [1.29, 1.82) is 0 Å². The Kier molecular flexibility index (Phi) is 14.3. The lowest BCUT2D eigenvalue weighted by Crippen LogP contribution is -2.47. The standard InChI is InChI=1S/C31H52N6/c1-8-15-33-18-22-35(26-28(3)4)23-19-34(16-9-2)21-25-36(24-20-33)27-29(5)32-14-10-11-17-37-30(6)12-13-31(37)7/h8-9,12-13,32H,1-3,5-7,10-11,14-27H2,4H3. The average Bonchev–Trinajstić information content (AvgIpc) is 3.17. The summed E-state index contributed by atoms with van der Waals surface area (Å²) in [7, 11) is 0. The van der Waals surface area contributed by atoms with Gasteiger partial charge in [0.15, 0.2) is 0 Å². The van der Waals surface area contributed by atoms with Crippen LogP contribution in [0, 0.1) is 0 Å². The molecule has 1 N–H and O–H groups in total. The fourth-order valence-corrected chi connectivity index (χ4v) is 4.84. The van der Waals surface area contributed by atoms with Gasteiger partial charge in [0.25, 0.3) is 0 Å². The smallest absolute Gasteiger partial charge is 0.0376 e. The molecule has 0 unspecified atom stereocenters. The molecule has 0 spiro atoms. The lowest BCUT2D eigenvalue weighted by Gasteiger charge is -2.34. The molecule has 6 heteroatoms. The Balaban J connectivity index is 1.89. The van der Waals surface area contributed by atoms with Crippen molar-refractivity contribution in [2.75, 3.05) is 85.1 Å². The maximum absolute atomic E-state index is 4.35. The molecule has 206 valence electrons. The van der Waals surface area contributed by atoms with Gasteiger partial charge in [0, 0.05) is 108 Å². The molecular weight excluding hydrogens is 456 g/mol. The largest absolute Gasteiger partial charge is 0.388 e. The summed E-state index contributed by atoms with van der Waals surface area (Å²) in [4.78, 5) is 10.1. The molecular formula is C31H52N6. The topological polar surface area (TPSA) is 29.9 Å². The van der Waals surface area contributed by atoms with Crippen molar-refractivity contribution in [3.05, 3.63) is 72.6 Å². The SMILES string of the molecule is C=CCN1CCN(CC(=C)C)CCN(CC=C)CCN(CC(=C)NCCCCn2c(=C)ccc2=C)CC1. The molecule has 0 aliphatic carbocycles. The van der Waals surface area contributed by atoms with E-state index in [2.05, 4.69) is 75.9 Å². The maximum Gasteiger partial charge on any atom is 0.0376 e. The normalized spacial score (nSPS) is 17.5. The van der Waals surface area contributed by atoms with E-state index in [4.69, 9.17) is 0 Å². The molecule has 2 rings (SSSR count). The lowest BCUT2D eigenvalue weighted by atomic mass is 10.2. The van der Waals surface area contributed by atoms with Crippen LogP contribution in [0.15, 0.2) is 61.9 Å². The first-order valence-corrected chi connectivity index (χ1v) is 13.8. The van der Waals surface area contributed by atoms with Gasteiger partial charge in [0.05, 0.1) is 0 Å². The summed E-state index contributed by atoms with van der Waals surface area (Å²) in [6.45, 7) is 40.6. The first-order valence-electron chi connectivity index (χ1n) is 13.8. The zero-order valence-corrected chi connectivity index (χ0v) is 23.6. The Bertz CT molecular complexity index is 894. The molecule has 2 heterocycles. The molecule has 0 radical (unpaired) electrons. The first kappa shape index (κ1) is 30.8. The summed E-state index contributed by atoms with van der Waals surface area (Å²) in [5, 5.41) is 5.65. The van der Waals surface area contributed by atoms with Crippen LogP contribution in [0.25, 0.3) is 13.2 Å². The van der Waals surface area contributed by atoms with E-state index < -0.39 is 0 Å². The zero-order valence-electron chi connectivity index (χ0n) is 23.6. The average molecular weight is 509 g/mol. The quantitative estimate of drug-likeness (QED) is 0.308. The highest BCUT2D eigenvalue weighted by Gasteiger charge is 2.16. The molecule has 0 saturated carbocycles. The third kappa shape index (κ3) is 12.1. The van der Waals surface area contributed by atoms with Crippen molar-refractivity contribution in [3.63, 3.8) is 0 Å². The first-order chi connectivity index (χ1) is 17.8. The van der Waals surface area contributed by atoms with Gasteiger partial charge in [0.2, 0.25) is 0 Å². The number of hydrogen-bond donors (Lipinski definition) is 1. The summed E-state index contributed by atoms with van der Waals surface area (Å²) in [6, 6.07) is 4.06. The fraction of sp³-hybridized carbons (Fsp3) is 0.548. The third-order valence-electron chi connectivity index (χ3n) is 6.96. The summed E-state index contributed by atoms with van der Waals surface area (Å²) in [5.74, 6) is 0. The molecule has 1 aromatic rings. The van der Waals surface area contributed by atoms with Gasteiger partial charge in [0.1, 0.15) is 0 Å². The molecule has 37 heavy (non-hydrogen) atoms. The van der Waals surface area contributed by atoms with Crippen LogP contribution in [0.2, 0.25) is 0 Å². The van der Waals surface area contributed by atoms with Gasteiger partial charge in [-0.05, 0) is 31.9 Å². The molecule has 0 amide bonds. The van der Waals surface area contributed by atoms with Crippen molar-refractivity contribution < 1.29 is 0 Å².